The number of nitrogens with zero attached hydrogens (tertiary/aromatic N) is 5. The number of aromatic nitrogens is 3. The Bertz CT molecular complexity index is 633. The van der Waals surface area contributed by atoms with Crippen molar-refractivity contribution in [2.24, 2.45) is 5.84 Å². The van der Waals surface area contributed by atoms with Crippen LogP contribution in [0.1, 0.15) is 5.56 Å². The molecule has 1 aromatic heterocycles. The summed E-state index contributed by atoms with van der Waals surface area (Å²) in [5.41, 5.74) is 2.90. The lowest BCUT2D eigenvalue weighted by Crippen LogP contribution is -2.17. The van der Waals surface area contributed by atoms with E-state index in [4.69, 9.17) is 15.8 Å². The summed E-state index contributed by atoms with van der Waals surface area (Å²) in [7, 11) is 3.59. The third kappa shape index (κ3) is 3.09. The number of benzene rings is 1. The fraction of sp³-hybridized carbons (Fsp3) is 0.167. The van der Waals surface area contributed by atoms with Crippen LogP contribution in [0, 0.1) is 11.3 Å². The predicted octanol–water partition coefficient (Wildman–Crippen LogP) is 0.887. The molecule has 0 amide bonds. The molecule has 20 heavy (non-hydrogen) atoms. The SMILES string of the molecule is CN(C)c1nc(NN)nc(Oc2ccc(C#N)cc2)n1. The maximum absolute atomic E-state index is 8.73. The Balaban J connectivity index is 2.27. The van der Waals surface area contributed by atoms with Crippen LogP contribution in [0.25, 0.3) is 0 Å². The number of nitrogens with two attached hydrogens (primary N) is 1. The molecule has 0 aliphatic rings. The number of ether oxygens (including phenoxy) is 1. The van der Waals surface area contributed by atoms with Crippen LogP contribution >= 0.6 is 0 Å². The van der Waals surface area contributed by atoms with Gasteiger partial charge in [0.15, 0.2) is 0 Å². The van der Waals surface area contributed by atoms with Gasteiger partial charge in [-0.2, -0.15) is 20.2 Å². The first-order valence-corrected chi connectivity index (χ1v) is 5.70. The molecule has 0 atom stereocenters. The van der Waals surface area contributed by atoms with Crippen molar-refractivity contribution in [3.05, 3.63) is 29.8 Å². The van der Waals surface area contributed by atoms with Crippen LogP contribution in [0.2, 0.25) is 0 Å². The van der Waals surface area contributed by atoms with Crippen LogP contribution in [-0.2, 0) is 0 Å². The Morgan fingerprint density at radius 1 is 1.20 bits per heavy atom. The zero-order valence-electron chi connectivity index (χ0n) is 11.0. The number of nitrogen functional groups attached to an aromatic ring is 1. The Hall–Kier alpha value is -2.92. The Labute approximate surface area is 115 Å². The smallest absolute Gasteiger partial charge is 0.328 e. The van der Waals surface area contributed by atoms with E-state index in [2.05, 4.69) is 20.4 Å². The molecule has 0 aliphatic carbocycles. The normalized spacial score (nSPS) is 9.70. The van der Waals surface area contributed by atoms with Crippen LogP contribution in [0.3, 0.4) is 0 Å². The van der Waals surface area contributed by atoms with E-state index in [0.29, 0.717) is 17.3 Å². The monoisotopic (exact) mass is 271 g/mol. The molecule has 0 saturated heterocycles. The van der Waals surface area contributed by atoms with Gasteiger partial charge in [0.1, 0.15) is 5.75 Å². The lowest BCUT2D eigenvalue weighted by Gasteiger charge is -2.12. The van der Waals surface area contributed by atoms with E-state index in [1.165, 1.54) is 0 Å². The number of anilines is 2. The van der Waals surface area contributed by atoms with E-state index in [0.717, 1.165) is 0 Å². The average Bonchev–Trinajstić information content (AvgIpc) is 2.47. The van der Waals surface area contributed by atoms with Crippen molar-refractivity contribution in [3.8, 4) is 17.8 Å². The van der Waals surface area contributed by atoms with Crippen molar-refractivity contribution in [1.29, 1.82) is 5.26 Å². The molecule has 2 aromatic rings. The molecule has 0 fully saturated rings. The summed E-state index contributed by atoms with van der Waals surface area (Å²) in [6, 6.07) is 8.75. The van der Waals surface area contributed by atoms with E-state index in [-0.39, 0.29) is 12.0 Å². The van der Waals surface area contributed by atoms with Crippen molar-refractivity contribution in [3.63, 3.8) is 0 Å². The first-order chi connectivity index (χ1) is 9.62. The summed E-state index contributed by atoms with van der Waals surface area (Å²) in [6.45, 7) is 0. The summed E-state index contributed by atoms with van der Waals surface area (Å²) >= 11 is 0. The van der Waals surface area contributed by atoms with Crippen molar-refractivity contribution in [2.75, 3.05) is 24.4 Å². The Morgan fingerprint density at radius 3 is 2.45 bits per heavy atom. The van der Waals surface area contributed by atoms with E-state index < -0.39 is 0 Å². The predicted molar refractivity (Wildman–Crippen MR) is 73.2 cm³/mol. The van der Waals surface area contributed by atoms with Crippen molar-refractivity contribution >= 4 is 11.9 Å². The number of nitrogens with one attached hydrogen (secondary N) is 1. The summed E-state index contributed by atoms with van der Waals surface area (Å²) in [4.78, 5) is 13.9. The van der Waals surface area contributed by atoms with Gasteiger partial charge in [-0.15, -0.1) is 0 Å². The number of rotatable bonds is 4. The van der Waals surface area contributed by atoms with E-state index >= 15 is 0 Å². The summed E-state index contributed by atoms with van der Waals surface area (Å²) in [6.07, 6.45) is 0. The number of nitriles is 1. The van der Waals surface area contributed by atoms with Crippen LogP contribution in [0.4, 0.5) is 11.9 Å². The molecular weight excluding hydrogens is 258 g/mol. The fourth-order valence-electron chi connectivity index (χ4n) is 1.36. The molecule has 8 nitrogen and oxygen atoms in total. The summed E-state index contributed by atoms with van der Waals surface area (Å²) in [5, 5.41) is 8.73. The zero-order chi connectivity index (χ0) is 14.5. The van der Waals surface area contributed by atoms with E-state index in [1.807, 2.05) is 6.07 Å². The standard InChI is InChI=1S/C12H13N7O/c1-19(2)11-15-10(18-14)16-12(17-11)20-9-5-3-8(7-13)4-6-9/h3-6H,14H2,1-2H3,(H,15,16,17,18). The number of hydrazine groups is 1. The van der Waals surface area contributed by atoms with Gasteiger partial charge in [-0.25, -0.2) is 5.84 Å². The molecule has 102 valence electrons. The first kappa shape index (κ1) is 13.5. The minimum atomic E-state index is 0.112. The molecule has 0 spiro atoms. The van der Waals surface area contributed by atoms with Crippen molar-refractivity contribution in [2.45, 2.75) is 0 Å². The van der Waals surface area contributed by atoms with Gasteiger partial charge in [0.05, 0.1) is 11.6 Å². The van der Waals surface area contributed by atoms with Gasteiger partial charge in [-0.3, -0.25) is 5.43 Å². The Kier molecular flexibility index (Phi) is 3.93. The quantitative estimate of drug-likeness (QED) is 0.622. The van der Waals surface area contributed by atoms with E-state index in [1.54, 1.807) is 43.3 Å². The topological polar surface area (TPSA) is 113 Å². The van der Waals surface area contributed by atoms with Crippen LogP contribution in [-0.4, -0.2) is 29.0 Å². The molecule has 3 N–H and O–H groups in total. The summed E-state index contributed by atoms with van der Waals surface area (Å²) < 4.78 is 5.52. The van der Waals surface area contributed by atoms with Gasteiger partial charge in [-0.05, 0) is 24.3 Å². The van der Waals surface area contributed by atoms with Gasteiger partial charge < -0.3 is 9.64 Å². The highest BCUT2D eigenvalue weighted by atomic mass is 16.5. The van der Waals surface area contributed by atoms with E-state index in [9.17, 15) is 0 Å². The third-order valence-corrected chi connectivity index (χ3v) is 2.32. The molecule has 0 radical (unpaired) electrons. The second-order valence-corrected chi connectivity index (χ2v) is 4.02. The Morgan fingerprint density at radius 2 is 1.90 bits per heavy atom. The van der Waals surface area contributed by atoms with Crippen LogP contribution in [0.15, 0.2) is 24.3 Å². The minimum absolute atomic E-state index is 0.112. The zero-order valence-corrected chi connectivity index (χ0v) is 11.0. The lowest BCUT2D eigenvalue weighted by molar-refractivity contribution is 0.440. The first-order valence-electron chi connectivity index (χ1n) is 5.70. The minimum Gasteiger partial charge on any atom is -0.424 e. The van der Waals surface area contributed by atoms with Gasteiger partial charge in [0.2, 0.25) is 11.9 Å². The largest absolute Gasteiger partial charge is 0.424 e. The maximum Gasteiger partial charge on any atom is 0.328 e. The van der Waals surface area contributed by atoms with Crippen LogP contribution in [0.5, 0.6) is 11.8 Å². The molecule has 0 bridgehead atoms. The highest BCUT2D eigenvalue weighted by Gasteiger charge is 2.09. The third-order valence-electron chi connectivity index (χ3n) is 2.32. The lowest BCUT2D eigenvalue weighted by atomic mass is 10.2. The van der Waals surface area contributed by atoms with Crippen LogP contribution < -0.4 is 20.9 Å². The molecule has 1 heterocycles. The van der Waals surface area contributed by atoms with Gasteiger partial charge in [0, 0.05) is 14.1 Å². The second kappa shape index (κ2) is 5.81. The average molecular weight is 271 g/mol. The molecule has 2 rings (SSSR count). The molecular formula is C12H13N7O. The van der Waals surface area contributed by atoms with Gasteiger partial charge in [0.25, 0.3) is 0 Å². The van der Waals surface area contributed by atoms with Crippen molar-refractivity contribution < 1.29 is 4.74 Å². The summed E-state index contributed by atoms with van der Waals surface area (Å²) in [5.74, 6) is 6.44. The number of hydrogen-bond donors (Lipinski definition) is 2. The molecule has 0 unspecified atom stereocenters. The molecule has 0 saturated carbocycles. The fourth-order valence-corrected chi connectivity index (χ4v) is 1.36. The highest BCUT2D eigenvalue weighted by Crippen LogP contribution is 2.20. The molecule has 0 aliphatic heterocycles. The number of hydrogen-bond acceptors (Lipinski definition) is 8. The van der Waals surface area contributed by atoms with Crippen molar-refractivity contribution in [1.82, 2.24) is 15.0 Å². The maximum atomic E-state index is 8.73. The second-order valence-electron chi connectivity index (χ2n) is 4.02. The molecule has 8 heteroatoms. The highest BCUT2D eigenvalue weighted by molar-refractivity contribution is 5.39. The van der Waals surface area contributed by atoms with Gasteiger partial charge in [-0.1, -0.05) is 0 Å². The molecule has 1 aromatic carbocycles. The van der Waals surface area contributed by atoms with Gasteiger partial charge >= 0.3 is 6.01 Å².